The topological polar surface area (TPSA) is 71.5 Å². The van der Waals surface area contributed by atoms with Crippen molar-refractivity contribution in [2.75, 3.05) is 19.6 Å². The van der Waals surface area contributed by atoms with E-state index in [1.807, 2.05) is 35.3 Å². The van der Waals surface area contributed by atoms with Gasteiger partial charge in [0.2, 0.25) is 0 Å². The van der Waals surface area contributed by atoms with Gasteiger partial charge in [0.05, 0.1) is 19.3 Å². The quantitative estimate of drug-likeness (QED) is 0.596. The second-order valence-corrected chi connectivity index (χ2v) is 6.54. The van der Waals surface area contributed by atoms with E-state index in [9.17, 15) is 0 Å². The van der Waals surface area contributed by atoms with Crippen molar-refractivity contribution in [3.05, 3.63) is 53.9 Å². The van der Waals surface area contributed by atoms with E-state index in [0.717, 1.165) is 25.2 Å². The molecule has 1 aromatic carbocycles. The van der Waals surface area contributed by atoms with E-state index < -0.39 is 0 Å². The molecule has 25 heavy (non-hydrogen) atoms. The van der Waals surface area contributed by atoms with Crippen molar-refractivity contribution in [1.29, 1.82) is 0 Å². The molecule has 2 heterocycles. The lowest BCUT2D eigenvalue weighted by Crippen LogP contribution is -2.42. The van der Waals surface area contributed by atoms with Crippen molar-refractivity contribution in [3.63, 3.8) is 0 Å². The highest BCUT2D eigenvalue weighted by molar-refractivity contribution is 5.77. The normalized spacial score (nSPS) is 18.6. The van der Waals surface area contributed by atoms with Crippen molar-refractivity contribution in [2.24, 2.45) is 10.7 Å². The van der Waals surface area contributed by atoms with Crippen molar-refractivity contribution in [1.82, 2.24) is 20.0 Å². The number of nitrogens with zero attached hydrogens (tertiary/aromatic N) is 4. The average molecular weight is 340 g/mol. The minimum Gasteiger partial charge on any atom is -0.370 e. The summed E-state index contributed by atoms with van der Waals surface area (Å²) in [5, 5.41) is 7.66. The molecule has 0 radical (unpaired) electrons. The van der Waals surface area contributed by atoms with E-state index in [-0.39, 0.29) is 0 Å². The van der Waals surface area contributed by atoms with Gasteiger partial charge in [0, 0.05) is 24.3 Å². The van der Waals surface area contributed by atoms with Gasteiger partial charge in [-0.25, -0.2) is 4.99 Å². The summed E-state index contributed by atoms with van der Waals surface area (Å²) in [6.45, 7) is 6.70. The molecule has 134 valence electrons. The summed E-state index contributed by atoms with van der Waals surface area (Å²) in [4.78, 5) is 6.93. The third kappa shape index (κ3) is 5.06. The molecule has 1 aromatic heterocycles. The maximum atomic E-state index is 6.01. The molecule has 0 saturated carbocycles. The lowest BCUT2D eigenvalue weighted by atomic mass is 10.2. The van der Waals surface area contributed by atoms with Crippen LogP contribution in [0.1, 0.15) is 30.9 Å². The molecule has 1 unspecified atom stereocenters. The first kappa shape index (κ1) is 17.5. The minimum absolute atomic E-state index is 0.513. The summed E-state index contributed by atoms with van der Waals surface area (Å²) in [5.41, 5.74) is 8.31. The maximum Gasteiger partial charge on any atom is 0.188 e. The molecule has 1 aliphatic rings. The Morgan fingerprint density at radius 3 is 2.96 bits per heavy atom. The van der Waals surface area contributed by atoms with Crippen LogP contribution in [-0.2, 0) is 13.1 Å². The van der Waals surface area contributed by atoms with Gasteiger partial charge in [-0.15, -0.1) is 0 Å². The highest BCUT2D eigenvalue weighted by Crippen LogP contribution is 2.15. The molecule has 0 bridgehead atoms. The fraction of sp³-hybridized carbons (Fsp3) is 0.474. The number of hydrogen-bond donors (Lipinski definition) is 2. The lowest BCUT2D eigenvalue weighted by Gasteiger charge is -2.23. The number of guanidine groups is 1. The van der Waals surface area contributed by atoms with E-state index in [4.69, 9.17) is 5.73 Å². The zero-order chi connectivity index (χ0) is 17.5. The third-order valence-electron chi connectivity index (χ3n) is 4.73. The monoisotopic (exact) mass is 340 g/mol. The molecule has 0 aliphatic carbocycles. The van der Waals surface area contributed by atoms with Gasteiger partial charge in [0.1, 0.15) is 0 Å². The van der Waals surface area contributed by atoms with Gasteiger partial charge < -0.3 is 11.1 Å². The number of aromatic nitrogens is 2. The zero-order valence-electron chi connectivity index (χ0n) is 14.9. The Morgan fingerprint density at radius 2 is 2.16 bits per heavy atom. The van der Waals surface area contributed by atoms with Gasteiger partial charge >= 0.3 is 0 Å². The average Bonchev–Trinajstić information content (AvgIpc) is 3.28. The predicted molar refractivity (Wildman–Crippen MR) is 101 cm³/mol. The molecule has 1 atom stereocenters. The number of nitrogens with one attached hydrogen (secondary N) is 1. The molecule has 6 nitrogen and oxygen atoms in total. The first-order chi connectivity index (χ1) is 12.2. The van der Waals surface area contributed by atoms with E-state index in [1.165, 1.54) is 24.9 Å². The summed E-state index contributed by atoms with van der Waals surface area (Å²) < 4.78 is 1.93. The van der Waals surface area contributed by atoms with Gasteiger partial charge in [-0.2, -0.15) is 5.10 Å². The Kier molecular flexibility index (Phi) is 6.06. The van der Waals surface area contributed by atoms with Crippen LogP contribution < -0.4 is 11.1 Å². The number of rotatable bonds is 7. The molecular weight excluding hydrogens is 312 g/mol. The van der Waals surface area contributed by atoms with E-state index in [0.29, 0.717) is 18.5 Å². The highest BCUT2D eigenvalue weighted by atomic mass is 15.3. The van der Waals surface area contributed by atoms with Gasteiger partial charge in [0.15, 0.2) is 5.96 Å². The summed E-state index contributed by atoms with van der Waals surface area (Å²) in [6.07, 6.45) is 6.40. The Balaban J connectivity index is 1.46. The number of benzene rings is 1. The fourth-order valence-corrected chi connectivity index (χ4v) is 3.34. The van der Waals surface area contributed by atoms with E-state index in [2.05, 4.69) is 39.4 Å². The highest BCUT2D eigenvalue weighted by Gasteiger charge is 2.22. The molecule has 3 rings (SSSR count). The lowest BCUT2D eigenvalue weighted by molar-refractivity contribution is 0.267. The fourth-order valence-electron chi connectivity index (χ4n) is 3.34. The van der Waals surface area contributed by atoms with Gasteiger partial charge in [-0.1, -0.05) is 37.3 Å². The first-order valence-electron chi connectivity index (χ1n) is 9.07. The van der Waals surface area contributed by atoms with Crippen LogP contribution in [0.25, 0.3) is 0 Å². The van der Waals surface area contributed by atoms with Crippen LogP contribution in [0, 0.1) is 0 Å². The Labute approximate surface area is 149 Å². The van der Waals surface area contributed by atoms with Crippen LogP contribution in [0.15, 0.2) is 47.7 Å². The number of hydrogen-bond acceptors (Lipinski definition) is 3. The van der Waals surface area contributed by atoms with Crippen molar-refractivity contribution >= 4 is 5.96 Å². The summed E-state index contributed by atoms with van der Waals surface area (Å²) in [6, 6.07) is 10.9. The van der Waals surface area contributed by atoms with Crippen LogP contribution in [0.5, 0.6) is 0 Å². The van der Waals surface area contributed by atoms with Crippen LogP contribution in [0.2, 0.25) is 0 Å². The smallest absolute Gasteiger partial charge is 0.188 e. The predicted octanol–water partition coefficient (Wildman–Crippen LogP) is 1.82. The number of nitrogens with two attached hydrogens (primary N) is 1. The molecule has 3 N–H and O–H groups in total. The van der Waals surface area contributed by atoms with E-state index in [1.54, 1.807) is 0 Å². The number of likely N-dealkylation sites (N-methyl/N-ethyl adjacent to an activating group) is 1. The second kappa shape index (κ2) is 8.67. The number of likely N-dealkylation sites (tertiary alicyclic amines) is 1. The third-order valence-corrected chi connectivity index (χ3v) is 4.73. The largest absolute Gasteiger partial charge is 0.370 e. The standard InChI is InChI=1S/C19H28N6/c1-2-24-10-6-9-18(24)13-22-19(20)21-11-17-12-23-25(15-17)14-16-7-4-3-5-8-16/h3-5,7-8,12,15,18H,2,6,9-11,13-14H2,1H3,(H3,20,21,22). The molecule has 6 heteroatoms. The van der Waals surface area contributed by atoms with Gasteiger partial charge in [-0.3, -0.25) is 9.58 Å². The maximum absolute atomic E-state index is 6.01. The SMILES string of the molecule is CCN1CCCC1CNC(N)=NCc1cnn(Cc2ccccc2)c1. The molecular formula is C19H28N6. The van der Waals surface area contributed by atoms with Crippen LogP contribution in [0.3, 0.4) is 0 Å². The molecule has 1 fully saturated rings. The Bertz CT molecular complexity index is 678. The van der Waals surface area contributed by atoms with E-state index >= 15 is 0 Å². The summed E-state index contributed by atoms with van der Waals surface area (Å²) in [7, 11) is 0. The Morgan fingerprint density at radius 1 is 1.32 bits per heavy atom. The Hall–Kier alpha value is -2.34. The van der Waals surface area contributed by atoms with Crippen LogP contribution in [-0.4, -0.2) is 46.3 Å². The van der Waals surface area contributed by atoms with Crippen LogP contribution in [0.4, 0.5) is 0 Å². The zero-order valence-corrected chi connectivity index (χ0v) is 14.9. The summed E-state index contributed by atoms with van der Waals surface area (Å²) >= 11 is 0. The van der Waals surface area contributed by atoms with Crippen LogP contribution >= 0.6 is 0 Å². The van der Waals surface area contributed by atoms with Gasteiger partial charge in [0.25, 0.3) is 0 Å². The molecule has 0 spiro atoms. The van der Waals surface area contributed by atoms with Gasteiger partial charge in [-0.05, 0) is 31.5 Å². The second-order valence-electron chi connectivity index (χ2n) is 6.54. The van der Waals surface area contributed by atoms with Crippen molar-refractivity contribution < 1.29 is 0 Å². The molecule has 1 saturated heterocycles. The molecule has 1 aliphatic heterocycles. The van der Waals surface area contributed by atoms with Crippen molar-refractivity contribution in [2.45, 2.75) is 38.9 Å². The minimum atomic E-state index is 0.513. The number of aliphatic imine (C=N–C) groups is 1. The first-order valence-corrected chi connectivity index (χ1v) is 9.07. The molecule has 2 aromatic rings. The summed E-state index contributed by atoms with van der Waals surface area (Å²) in [5.74, 6) is 0.513. The molecule has 0 amide bonds. The van der Waals surface area contributed by atoms with Crippen molar-refractivity contribution in [3.8, 4) is 0 Å².